The number of nitrogens with one attached hydrogen (secondary N) is 2. The largest absolute Gasteiger partial charge is 0.355 e. The summed E-state index contributed by atoms with van der Waals surface area (Å²) in [6.07, 6.45) is 3.97. The van der Waals surface area contributed by atoms with Gasteiger partial charge in [0.25, 0.3) is 0 Å². The van der Waals surface area contributed by atoms with Crippen molar-refractivity contribution >= 4 is 17.7 Å². The summed E-state index contributed by atoms with van der Waals surface area (Å²) in [6, 6.07) is 0.656. The van der Waals surface area contributed by atoms with Crippen molar-refractivity contribution < 1.29 is 0 Å². The summed E-state index contributed by atoms with van der Waals surface area (Å²) in [5, 5.41) is 7.63. The molecule has 1 aliphatic carbocycles. The Kier molecular flexibility index (Phi) is 3.56. The zero-order chi connectivity index (χ0) is 9.80. The van der Waals surface area contributed by atoms with E-state index in [9.17, 15) is 0 Å². The molecule has 0 bridgehead atoms. The number of nitrogens with zero attached hydrogens (tertiary/aromatic N) is 1. The Morgan fingerprint density at radius 2 is 2.50 bits per heavy atom. The van der Waals surface area contributed by atoms with E-state index in [2.05, 4.69) is 34.3 Å². The van der Waals surface area contributed by atoms with Gasteiger partial charge in [0.1, 0.15) is 0 Å². The van der Waals surface area contributed by atoms with E-state index < -0.39 is 0 Å². The smallest absolute Gasteiger partial charge is 0.191 e. The minimum absolute atomic E-state index is 0.656. The molecule has 0 saturated heterocycles. The van der Waals surface area contributed by atoms with Crippen LogP contribution in [0.15, 0.2) is 4.99 Å². The van der Waals surface area contributed by atoms with E-state index in [1.54, 1.807) is 0 Å². The summed E-state index contributed by atoms with van der Waals surface area (Å²) in [5.74, 6) is 2.27. The zero-order valence-corrected chi connectivity index (χ0v) is 9.57. The van der Waals surface area contributed by atoms with Gasteiger partial charge in [0.15, 0.2) is 5.96 Å². The third-order valence-corrected chi connectivity index (χ3v) is 4.03. The molecule has 2 unspecified atom stereocenters. The van der Waals surface area contributed by atoms with Crippen LogP contribution in [-0.4, -0.2) is 36.1 Å². The lowest BCUT2D eigenvalue weighted by Gasteiger charge is -2.14. The van der Waals surface area contributed by atoms with Crippen LogP contribution in [0.2, 0.25) is 0 Å². The second kappa shape index (κ2) is 4.91. The van der Waals surface area contributed by atoms with Crippen LogP contribution >= 0.6 is 11.8 Å². The van der Waals surface area contributed by atoms with Gasteiger partial charge in [-0.05, 0) is 25.0 Å². The van der Waals surface area contributed by atoms with Gasteiger partial charge < -0.3 is 10.6 Å². The summed E-state index contributed by atoms with van der Waals surface area (Å²) < 4.78 is 0. The van der Waals surface area contributed by atoms with Gasteiger partial charge in [0, 0.05) is 17.8 Å². The third kappa shape index (κ3) is 2.56. The standard InChI is InChI=1S/C10H19N3S/c1-2-14-9-4-3-8(7-9)13-10-11-5-6-12-10/h8-9H,2-7H2,1H3,(H2,11,12,13). The quantitative estimate of drug-likeness (QED) is 0.740. The Labute approximate surface area is 90.1 Å². The molecule has 2 rings (SSSR count). The fourth-order valence-corrected chi connectivity index (χ4v) is 3.29. The molecule has 2 N–H and O–H groups in total. The van der Waals surface area contributed by atoms with Crippen molar-refractivity contribution in [2.45, 2.75) is 37.5 Å². The fraction of sp³-hybridized carbons (Fsp3) is 0.900. The highest BCUT2D eigenvalue weighted by Crippen LogP contribution is 2.29. The first-order chi connectivity index (χ1) is 6.88. The Morgan fingerprint density at radius 3 is 3.21 bits per heavy atom. The first-order valence-corrected chi connectivity index (χ1v) is 6.60. The molecule has 0 amide bonds. The zero-order valence-electron chi connectivity index (χ0n) is 8.75. The van der Waals surface area contributed by atoms with Crippen molar-refractivity contribution in [3.63, 3.8) is 0 Å². The first kappa shape index (κ1) is 10.1. The van der Waals surface area contributed by atoms with E-state index >= 15 is 0 Å². The summed E-state index contributed by atoms with van der Waals surface area (Å²) >= 11 is 2.10. The van der Waals surface area contributed by atoms with Gasteiger partial charge in [0.2, 0.25) is 0 Å². The van der Waals surface area contributed by atoms with Crippen LogP contribution in [0.1, 0.15) is 26.2 Å². The summed E-state index contributed by atoms with van der Waals surface area (Å²) in [7, 11) is 0. The first-order valence-electron chi connectivity index (χ1n) is 5.55. The number of rotatable bonds is 3. The predicted octanol–water partition coefficient (Wildman–Crippen LogP) is 1.21. The molecule has 0 radical (unpaired) electrons. The molecule has 2 atom stereocenters. The molecule has 2 aliphatic rings. The Balaban J connectivity index is 1.72. The minimum atomic E-state index is 0.656. The molecule has 1 heterocycles. The van der Waals surface area contributed by atoms with Crippen molar-refractivity contribution in [2.75, 3.05) is 18.8 Å². The van der Waals surface area contributed by atoms with Gasteiger partial charge in [0.05, 0.1) is 6.54 Å². The molecule has 80 valence electrons. The van der Waals surface area contributed by atoms with E-state index in [1.807, 2.05) is 0 Å². The maximum atomic E-state index is 4.36. The van der Waals surface area contributed by atoms with Crippen molar-refractivity contribution in [3.05, 3.63) is 0 Å². The molecule has 14 heavy (non-hydrogen) atoms. The van der Waals surface area contributed by atoms with E-state index in [0.29, 0.717) is 6.04 Å². The molecule has 0 aromatic carbocycles. The highest BCUT2D eigenvalue weighted by molar-refractivity contribution is 7.99. The van der Waals surface area contributed by atoms with Gasteiger partial charge in [-0.3, -0.25) is 4.99 Å². The van der Waals surface area contributed by atoms with Gasteiger partial charge in [-0.2, -0.15) is 11.8 Å². The van der Waals surface area contributed by atoms with Crippen molar-refractivity contribution in [1.82, 2.24) is 10.6 Å². The second-order valence-corrected chi connectivity index (χ2v) is 5.47. The Bertz CT molecular complexity index is 217. The second-order valence-electron chi connectivity index (χ2n) is 3.89. The van der Waals surface area contributed by atoms with Gasteiger partial charge in [-0.15, -0.1) is 0 Å². The topological polar surface area (TPSA) is 36.4 Å². The lowest BCUT2D eigenvalue weighted by molar-refractivity contribution is 0.623. The highest BCUT2D eigenvalue weighted by Gasteiger charge is 2.25. The molecule has 1 aliphatic heterocycles. The summed E-state index contributed by atoms with van der Waals surface area (Å²) in [4.78, 5) is 4.36. The molecule has 4 heteroatoms. The van der Waals surface area contributed by atoms with Crippen LogP contribution in [0.25, 0.3) is 0 Å². The Morgan fingerprint density at radius 1 is 1.57 bits per heavy atom. The van der Waals surface area contributed by atoms with Gasteiger partial charge >= 0.3 is 0 Å². The van der Waals surface area contributed by atoms with E-state index in [1.165, 1.54) is 25.0 Å². The molecular formula is C10H19N3S. The molecule has 1 saturated carbocycles. The predicted molar refractivity (Wildman–Crippen MR) is 63.0 cm³/mol. The summed E-state index contributed by atoms with van der Waals surface area (Å²) in [6.45, 7) is 4.18. The van der Waals surface area contributed by atoms with Gasteiger partial charge in [-0.25, -0.2) is 0 Å². The number of aliphatic imine (C=N–C) groups is 1. The number of thioether (sulfide) groups is 1. The summed E-state index contributed by atoms with van der Waals surface area (Å²) in [5.41, 5.74) is 0. The minimum Gasteiger partial charge on any atom is -0.355 e. The molecule has 3 nitrogen and oxygen atoms in total. The molecule has 0 aromatic rings. The van der Waals surface area contributed by atoms with Crippen molar-refractivity contribution in [1.29, 1.82) is 0 Å². The average molecular weight is 213 g/mol. The van der Waals surface area contributed by atoms with Crippen molar-refractivity contribution in [2.24, 2.45) is 4.99 Å². The third-order valence-electron chi connectivity index (χ3n) is 2.80. The van der Waals surface area contributed by atoms with E-state index in [4.69, 9.17) is 0 Å². The van der Waals surface area contributed by atoms with Crippen molar-refractivity contribution in [3.8, 4) is 0 Å². The molecule has 0 aromatic heterocycles. The SMILES string of the molecule is CCSC1CCC(NC2=NCCN2)C1. The maximum absolute atomic E-state index is 4.36. The van der Waals surface area contributed by atoms with Gasteiger partial charge in [-0.1, -0.05) is 6.92 Å². The lowest BCUT2D eigenvalue weighted by Crippen LogP contribution is -2.39. The lowest BCUT2D eigenvalue weighted by atomic mass is 10.2. The fourth-order valence-electron chi connectivity index (χ4n) is 2.15. The van der Waals surface area contributed by atoms with E-state index in [0.717, 1.165) is 24.3 Å². The van der Waals surface area contributed by atoms with Crippen LogP contribution in [0.5, 0.6) is 0 Å². The monoisotopic (exact) mass is 213 g/mol. The molecule has 1 fully saturated rings. The maximum Gasteiger partial charge on any atom is 0.191 e. The number of hydrogen-bond donors (Lipinski definition) is 2. The molecular weight excluding hydrogens is 194 g/mol. The van der Waals surface area contributed by atoms with E-state index in [-0.39, 0.29) is 0 Å². The highest BCUT2D eigenvalue weighted by atomic mass is 32.2. The number of guanidine groups is 1. The molecule has 0 spiro atoms. The van der Waals surface area contributed by atoms with Crippen LogP contribution < -0.4 is 10.6 Å². The van der Waals surface area contributed by atoms with Crippen LogP contribution in [0.4, 0.5) is 0 Å². The normalized spacial score (nSPS) is 31.4. The average Bonchev–Trinajstić information content (AvgIpc) is 2.79. The number of hydrogen-bond acceptors (Lipinski definition) is 4. The van der Waals surface area contributed by atoms with Crippen LogP contribution in [0.3, 0.4) is 0 Å². The van der Waals surface area contributed by atoms with Crippen LogP contribution in [-0.2, 0) is 0 Å². The Hall–Kier alpha value is -0.380. The van der Waals surface area contributed by atoms with Crippen LogP contribution in [0, 0.1) is 0 Å².